The standard InChI is InChI=1S/C16H20ClN7O.2C2H6O/c17-12-14(19)23-13(18)11(22-12)15(25)24-16(20)21-9-5-4-8-10-6-2-1-3-7-10;2*1-3-2/h1-3,6-7H,4-5,8-9H2,(H4,18,19,23)(H3,20,21,24,25);2*1-2H3. The highest BCUT2D eigenvalue weighted by atomic mass is 35.5. The molecule has 1 aromatic carbocycles. The van der Waals surface area contributed by atoms with E-state index >= 15 is 0 Å². The summed E-state index contributed by atoms with van der Waals surface area (Å²) in [6.45, 7) is 0.503. The number of carbonyl (C=O) groups is 1. The number of nitrogens with zero attached hydrogens (tertiary/aromatic N) is 3. The third-order valence-corrected chi connectivity index (χ3v) is 3.64. The number of nitrogens with one attached hydrogen (secondary N) is 1. The summed E-state index contributed by atoms with van der Waals surface area (Å²) in [6, 6.07) is 10.2. The second-order valence-corrected chi connectivity index (χ2v) is 6.47. The van der Waals surface area contributed by atoms with Gasteiger partial charge in [0.15, 0.2) is 28.4 Å². The molecular formula is C20H32ClN7O3. The third-order valence-electron chi connectivity index (χ3n) is 3.36. The molecular weight excluding hydrogens is 422 g/mol. The van der Waals surface area contributed by atoms with E-state index in [9.17, 15) is 4.79 Å². The molecule has 0 saturated carbocycles. The van der Waals surface area contributed by atoms with Gasteiger partial charge in [0.25, 0.3) is 5.91 Å². The van der Waals surface area contributed by atoms with Gasteiger partial charge in [0.2, 0.25) is 0 Å². The minimum Gasteiger partial charge on any atom is -0.388 e. The molecule has 0 aliphatic rings. The smallest absolute Gasteiger partial charge is 0.280 e. The molecule has 0 aliphatic carbocycles. The topological polar surface area (TPSA) is 164 Å². The molecule has 0 saturated heterocycles. The number of halogens is 1. The van der Waals surface area contributed by atoms with Crippen molar-refractivity contribution >= 4 is 35.1 Å². The molecule has 0 aliphatic heterocycles. The Hall–Kier alpha value is -2.95. The Morgan fingerprint density at radius 2 is 1.61 bits per heavy atom. The summed E-state index contributed by atoms with van der Waals surface area (Å²) in [7, 11) is 6.50. The molecule has 0 bridgehead atoms. The average Bonchev–Trinajstić information content (AvgIpc) is 2.72. The van der Waals surface area contributed by atoms with Crippen LogP contribution in [0.3, 0.4) is 0 Å². The number of guanidine groups is 1. The number of nitrogens with two attached hydrogens (primary N) is 3. The molecule has 1 amide bonds. The minimum atomic E-state index is -0.641. The molecule has 10 nitrogen and oxygen atoms in total. The fourth-order valence-electron chi connectivity index (χ4n) is 2.11. The molecule has 7 N–H and O–H groups in total. The maximum absolute atomic E-state index is 12.1. The largest absolute Gasteiger partial charge is 0.388 e. The van der Waals surface area contributed by atoms with Gasteiger partial charge < -0.3 is 26.7 Å². The monoisotopic (exact) mass is 453 g/mol. The van der Waals surface area contributed by atoms with Crippen molar-refractivity contribution in [2.24, 2.45) is 10.7 Å². The van der Waals surface area contributed by atoms with Crippen molar-refractivity contribution in [1.29, 1.82) is 0 Å². The lowest BCUT2D eigenvalue weighted by atomic mass is 10.1. The predicted octanol–water partition coefficient (Wildman–Crippen LogP) is 1.89. The molecule has 0 radical (unpaired) electrons. The van der Waals surface area contributed by atoms with Crippen LogP contribution in [0.25, 0.3) is 0 Å². The van der Waals surface area contributed by atoms with Crippen molar-refractivity contribution in [3.63, 3.8) is 0 Å². The number of carbonyl (C=O) groups excluding carboxylic acids is 1. The van der Waals surface area contributed by atoms with Crippen molar-refractivity contribution in [2.45, 2.75) is 19.3 Å². The van der Waals surface area contributed by atoms with Gasteiger partial charge in [-0.25, -0.2) is 9.97 Å². The molecule has 0 fully saturated rings. The van der Waals surface area contributed by atoms with E-state index in [1.807, 2.05) is 18.2 Å². The quantitative estimate of drug-likeness (QED) is 0.292. The first-order valence-electron chi connectivity index (χ1n) is 9.34. The fourth-order valence-corrected chi connectivity index (χ4v) is 2.24. The summed E-state index contributed by atoms with van der Waals surface area (Å²) in [6.07, 6.45) is 2.79. The van der Waals surface area contributed by atoms with Crippen molar-refractivity contribution in [3.8, 4) is 0 Å². The number of aryl methyl sites for hydroxylation is 1. The number of unbranched alkanes of at least 4 members (excludes halogenated alkanes) is 1. The number of nitrogen functional groups attached to an aromatic ring is 2. The van der Waals surface area contributed by atoms with Crippen LogP contribution >= 0.6 is 11.6 Å². The highest BCUT2D eigenvalue weighted by molar-refractivity contribution is 6.31. The Morgan fingerprint density at radius 3 is 2.19 bits per heavy atom. The zero-order valence-corrected chi connectivity index (χ0v) is 19.1. The van der Waals surface area contributed by atoms with Crippen molar-refractivity contribution in [2.75, 3.05) is 46.5 Å². The Morgan fingerprint density at radius 1 is 1.03 bits per heavy atom. The highest BCUT2D eigenvalue weighted by Crippen LogP contribution is 2.17. The predicted molar refractivity (Wildman–Crippen MR) is 125 cm³/mol. The van der Waals surface area contributed by atoms with E-state index in [1.54, 1.807) is 28.4 Å². The number of benzene rings is 1. The summed E-state index contributed by atoms with van der Waals surface area (Å²) in [4.78, 5) is 23.7. The molecule has 1 heterocycles. The second-order valence-electron chi connectivity index (χ2n) is 6.11. The maximum Gasteiger partial charge on any atom is 0.280 e. The van der Waals surface area contributed by atoms with Crippen LogP contribution in [-0.2, 0) is 15.9 Å². The number of aromatic nitrogens is 2. The Bertz CT molecular complexity index is 803. The summed E-state index contributed by atoms with van der Waals surface area (Å²) in [5, 5.41) is 2.30. The first-order chi connectivity index (χ1) is 14.8. The molecule has 0 spiro atoms. The van der Waals surface area contributed by atoms with Crippen LogP contribution < -0.4 is 22.5 Å². The molecule has 31 heavy (non-hydrogen) atoms. The lowest BCUT2D eigenvalue weighted by Gasteiger charge is -2.07. The first-order valence-corrected chi connectivity index (χ1v) is 9.72. The van der Waals surface area contributed by atoms with E-state index in [-0.39, 0.29) is 28.4 Å². The van der Waals surface area contributed by atoms with Gasteiger partial charge in [0.05, 0.1) is 0 Å². The molecule has 0 atom stereocenters. The fraction of sp³-hybridized carbons (Fsp3) is 0.400. The second kappa shape index (κ2) is 16.8. The van der Waals surface area contributed by atoms with Gasteiger partial charge in [-0.15, -0.1) is 0 Å². The number of ether oxygens (including phenoxy) is 2. The van der Waals surface area contributed by atoms with E-state index in [0.717, 1.165) is 19.3 Å². The zero-order valence-electron chi connectivity index (χ0n) is 18.4. The number of amides is 1. The minimum absolute atomic E-state index is 0.0149. The van der Waals surface area contributed by atoms with Crippen molar-refractivity contribution in [3.05, 3.63) is 46.7 Å². The molecule has 1 aromatic heterocycles. The number of hydrogen-bond acceptors (Lipinski definition) is 8. The van der Waals surface area contributed by atoms with E-state index in [0.29, 0.717) is 6.54 Å². The Kier molecular flexibility index (Phi) is 15.2. The molecule has 172 valence electrons. The molecule has 2 rings (SSSR count). The van der Waals surface area contributed by atoms with Crippen LogP contribution in [0.15, 0.2) is 35.3 Å². The van der Waals surface area contributed by atoms with E-state index in [2.05, 4.69) is 41.9 Å². The summed E-state index contributed by atoms with van der Waals surface area (Å²) in [5.74, 6) is -0.831. The average molecular weight is 454 g/mol. The van der Waals surface area contributed by atoms with Gasteiger partial charge in [-0.05, 0) is 24.8 Å². The Labute approximate surface area is 188 Å². The normalized spacial score (nSPS) is 10.3. The van der Waals surface area contributed by atoms with Gasteiger partial charge in [-0.1, -0.05) is 41.9 Å². The van der Waals surface area contributed by atoms with Gasteiger partial charge in [0.1, 0.15) is 0 Å². The first kappa shape index (κ1) is 28.1. The van der Waals surface area contributed by atoms with Gasteiger partial charge in [-0.3, -0.25) is 15.1 Å². The summed E-state index contributed by atoms with van der Waals surface area (Å²) in [5.41, 5.74) is 17.9. The van der Waals surface area contributed by atoms with Crippen LogP contribution in [0.4, 0.5) is 11.6 Å². The molecule has 0 unspecified atom stereocenters. The van der Waals surface area contributed by atoms with Crippen LogP contribution in [0.2, 0.25) is 5.15 Å². The van der Waals surface area contributed by atoms with E-state index < -0.39 is 5.91 Å². The van der Waals surface area contributed by atoms with E-state index in [1.165, 1.54) is 5.56 Å². The molecule has 11 heteroatoms. The number of aliphatic imine (C=N–C) groups is 1. The van der Waals surface area contributed by atoms with Crippen LogP contribution in [0.5, 0.6) is 0 Å². The summed E-state index contributed by atoms with van der Waals surface area (Å²) < 4.78 is 8.50. The van der Waals surface area contributed by atoms with E-state index in [4.69, 9.17) is 28.8 Å². The van der Waals surface area contributed by atoms with Gasteiger partial charge in [-0.2, -0.15) is 0 Å². The number of anilines is 2. The third kappa shape index (κ3) is 12.4. The Balaban J connectivity index is 0.00000134. The maximum atomic E-state index is 12.1. The highest BCUT2D eigenvalue weighted by Gasteiger charge is 2.16. The SMILES string of the molecule is COC.COC.NC(=NCCCCc1ccccc1)NC(=O)c1nc(Cl)c(N)nc1N. The van der Waals surface area contributed by atoms with Crippen LogP contribution in [0, 0.1) is 0 Å². The van der Waals surface area contributed by atoms with Crippen LogP contribution in [0.1, 0.15) is 28.9 Å². The van der Waals surface area contributed by atoms with Gasteiger partial charge in [0, 0.05) is 35.0 Å². The van der Waals surface area contributed by atoms with Gasteiger partial charge >= 0.3 is 0 Å². The lowest BCUT2D eigenvalue weighted by Crippen LogP contribution is -2.38. The zero-order chi connectivity index (χ0) is 23.6. The number of rotatable bonds is 6. The van der Waals surface area contributed by atoms with Crippen LogP contribution in [-0.4, -0.2) is 56.8 Å². The summed E-state index contributed by atoms with van der Waals surface area (Å²) >= 11 is 5.74. The molecule has 2 aromatic rings. The number of methoxy groups -OCH3 is 2. The van der Waals surface area contributed by atoms with Crippen molar-refractivity contribution < 1.29 is 14.3 Å². The number of hydrogen-bond donors (Lipinski definition) is 4. The van der Waals surface area contributed by atoms with Crippen molar-refractivity contribution in [1.82, 2.24) is 15.3 Å². The lowest BCUT2D eigenvalue weighted by molar-refractivity contribution is 0.0972.